The van der Waals surface area contributed by atoms with Gasteiger partial charge in [0.1, 0.15) is 3.70 Å². The fourth-order valence-corrected chi connectivity index (χ4v) is 1.66. The fourth-order valence-electron chi connectivity index (χ4n) is 1.03. The molecule has 0 aliphatic heterocycles. The molecule has 0 saturated carbocycles. The Bertz CT molecular complexity index is 519. The van der Waals surface area contributed by atoms with Gasteiger partial charge in [-0.3, -0.25) is 10.1 Å². The molecular formula is C7H2F3IN2O5. The highest BCUT2D eigenvalue weighted by atomic mass is 127. The number of nitrogens with zero attached hydrogens (tertiary/aromatic N) is 2. The summed E-state index contributed by atoms with van der Waals surface area (Å²) < 4.78 is 39.0. The molecule has 18 heavy (non-hydrogen) atoms. The van der Waals surface area contributed by atoms with E-state index in [1.165, 1.54) is 22.6 Å². The third-order valence-corrected chi connectivity index (χ3v) is 2.41. The first-order valence-electron chi connectivity index (χ1n) is 3.95. The average Bonchev–Trinajstić information content (AvgIpc) is 2.17. The maximum Gasteiger partial charge on any atom is 0.573 e. The second kappa shape index (κ2) is 4.91. The summed E-state index contributed by atoms with van der Waals surface area (Å²) >= 11 is 1.36. The number of pyridine rings is 1. The molecule has 0 atom stereocenters. The van der Waals surface area contributed by atoms with Gasteiger partial charge in [0, 0.05) is 0 Å². The Morgan fingerprint density at radius 2 is 2.11 bits per heavy atom. The van der Waals surface area contributed by atoms with E-state index in [1.54, 1.807) is 0 Å². The lowest BCUT2D eigenvalue weighted by atomic mass is 10.2. The zero-order valence-corrected chi connectivity index (χ0v) is 10.2. The van der Waals surface area contributed by atoms with E-state index >= 15 is 0 Å². The van der Waals surface area contributed by atoms with Crippen LogP contribution in [0.25, 0.3) is 0 Å². The lowest BCUT2D eigenvalue weighted by molar-refractivity contribution is -0.389. The smallest absolute Gasteiger partial charge is 0.477 e. The lowest BCUT2D eigenvalue weighted by Gasteiger charge is -2.10. The van der Waals surface area contributed by atoms with Crippen molar-refractivity contribution in [2.75, 3.05) is 0 Å². The molecule has 1 aromatic rings. The van der Waals surface area contributed by atoms with Crippen LogP contribution in [-0.2, 0) is 0 Å². The second-order valence-corrected chi connectivity index (χ2v) is 3.77. The molecule has 0 amide bonds. The Balaban J connectivity index is 3.49. The van der Waals surface area contributed by atoms with Crippen molar-refractivity contribution in [1.82, 2.24) is 4.98 Å². The molecule has 0 spiro atoms. The number of halogens is 4. The summed E-state index contributed by atoms with van der Waals surface area (Å²) in [6.45, 7) is 0. The van der Waals surface area contributed by atoms with Crippen molar-refractivity contribution in [1.29, 1.82) is 0 Å². The van der Waals surface area contributed by atoms with Crippen molar-refractivity contribution >= 4 is 34.2 Å². The predicted octanol–water partition coefficient (Wildman–Crippen LogP) is 2.19. The fraction of sp³-hybridized carbons (Fsp3) is 0.143. The minimum atomic E-state index is -5.19. The van der Waals surface area contributed by atoms with Crippen LogP contribution in [0.4, 0.5) is 18.9 Å². The molecule has 98 valence electrons. The highest BCUT2D eigenvalue weighted by Gasteiger charge is 2.38. The highest BCUT2D eigenvalue weighted by molar-refractivity contribution is 14.1. The maximum absolute atomic E-state index is 12.0. The van der Waals surface area contributed by atoms with Gasteiger partial charge in [-0.25, -0.2) is 9.78 Å². The third-order valence-electron chi connectivity index (χ3n) is 1.59. The molecule has 1 rings (SSSR count). The van der Waals surface area contributed by atoms with E-state index < -0.39 is 34.3 Å². The summed E-state index contributed by atoms with van der Waals surface area (Å²) in [6.07, 6.45) is -4.74. The van der Waals surface area contributed by atoms with Crippen LogP contribution in [0.1, 0.15) is 10.4 Å². The number of carboxylic acid groups (broad SMARTS) is 1. The quantitative estimate of drug-likeness (QED) is 0.375. The number of carbonyl (C=O) groups is 1. The molecular weight excluding hydrogens is 376 g/mol. The van der Waals surface area contributed by atoms with E-state index in [4.69, 9.17) is 5.11 Å². The number of hydrogen-bond acceptors (Lipinski definition) is 5. The minimum absolute atomic E-state index is 0.318. The van der Waals surface area contributed by atoms with Crippen LogP contribution in [0.5, 0.6) is 5.75 Å². The Morgan fingerprint density at radius 1 is 1.56 bits per heavy atom. The number of ether oxygens (including phenoxy) is 1. The predicted molar refractivity (Wildman–Crippen MR) is 57.3 cm³/mol. The lowest BCUT2D eigenvalue weighted by Crippen LogP contribution is -2.19. The largest absolute Gasteiger partial charge is 0.573 e. The maximum atomic E-state index is 12.0. The molecule has 0 aliphatic carbocycles. The first kappa shape index (κ1) is 14.4. The summed E-state index contributed by atoms with van der Waals surface area (Å²) in [5.41, 5.74) is -2.25. The summed E-state index contributed by atoms with van der Waals surface area (Å²) in [5, 5.41) is 19.4. The van der Waals surface area contributed by atoms with Gasteiger partial charge >= 0.3 is 18.0 Å². The van der Waals surface area contributed by atoms with Crippen LogP contribution in [-0.4, -0.2) is 27.3 Å². The molecule has 1 N–H and O–H groups in total. The molecule has 0 fully saturated rings. The van der Waals surface area contributed by atoms with Gasteiger partial charge in [-0.15, -0.1) is 13.2 Å². The van der Waals surface area contributed by atoms with Crippen molar-refractivity contribution in [3.05, 3.63) is 25.6 Å². The summed E-state index contributed by atoms with van der Waals surface area (Å²) in [5.74, 6) is -3.04. The van der Waals surface area contributed by atoms with Crippen LogP contribution in [0, 0.1) is 13.8 Å². The van der Waals surface area contributed by atoms with E-state index in [9.17, 15) is 28.1 Å². The van der Waals surface area contributed by atoms with E-state index in [1.807, 2.05) is 0 Å². The Kier molecular flexibility index (Phi) is 3.93. The second-order valence-electron chi connectivity index (χ2n) is 2.75. The zero-order valence-electron chi connectivity index (χ0n) is 8.06. The topological polar surface area (TPSA) is 103 Å². The summed E-state index contributed by atoms with van der Waals surface area (Å²) in [6, 6.07) is 0. The molecule has 0 saturated heterocycles. The van der Waals surface area contributed by atoms with Gasteiger partial charge in [0.25, 0.3) is 0 Å². The third kappa shape index (κ3) is 3.18. The van der Waals surface area contributed by atoms with Crippen LogP contribution in [0.15, 0.2) is 6.20 Å². The average molecular weight is 378 g/mol. The van der Waals surface area contributed by atoms with Crippen LogP contribution in [0.3, 0.4) is 0 Å². The number of carboxylic acids is 1. The van der Waals surface area contributed by atoms with Crippen LogP contribution in [0.2, 0.25) is 0 Å². The summed E-state index contributed by atoms with van der Waals surface area (Å²) in [7, 11) is 0. The van der Waals surface area contributed by atoms with Crippen molar-refractivity contribution in [2.24, 2.45) is 0 Å². The molecule has 0 radical (unpaired) electrons. The molecule has 0 aliphatic rings. The van der Waals surface area contributed by atoms with E-state index in [0.29, 0.717) is 6.20 Å². The van der Waals surface area contributed by atoms with E-state index in [-0.39, 0.29) is 3.70 Å². The van der Waals surface area contributed by atoms with Crippen molar-refractivity contribution < 1.29 is 32.7 Å². The van der Waals surface area contributed by atoms with Crippen molar-refractivity contribution in [3.8, 4) is 5.75 Å². The van der Waals surface area contributed by atoms with Gasteiger partial charge in [0.05, 0.1) is 11.1 Å². The number of alkyl halides is 3. The molecule has 7 nitrogen and oxygen atoms in total. The number of aromatic nitrogens is 1. The number of rotatable bonds is 3. The van der Waals surface area contributed by atoms with Gasteiger partial charge < -0.3 is 9.84 Å². The first-order valence-corrected chi connectivity index (χ1v) is 5.03. The highest BCUT2D eigenvalue weighted by Crippen LogP contribution is 2.35. The van der Waals surface area contributed by atoms with E-state index in [0.717, 1.165) is 0 Å². The summed E-state index contributed by atoms with van der Waals surface area (Å²) in [4.78, 5) is 23.5. The van der Waals surface area contributed by atoms with Crippen LogP contribution < -0.4 is 4.74 Å². The van der Waals surface area contributed by atoms with Crippen molar-refractivity contribution in [3.63, 3.8) is 0 Å². The molecule has 11 heteroatoms. The standard InChI is InChI=1S/C7H2F3IN2O5/c8-7(9,10)18-2-1-12-5(11)3(6(14)15)4(2)13(16)17/h1H,(H,14,15). The molecule has 0 bridgehead atoms. The van der Waals surface area contributed by atoms with Gasteiger partial charge in [0.15, 0.2) is 5.56 Å². The SMILES string of the molecule is O=C(O)c1c(I)ncc(OC(F)(F)F)c1[N+](=O)[O-]. The Hall–Kier alpha value is -1.66. The van der Waals surface area contributed by atoms with Crippen molar-refractivity contribution in [2.45, 2.75) is 6.36 Å². The Morgan fingerprint density at radius 3 is 2.50 bits per heavy atom. The first-order chi connectivity index (χ1) is 8.13. The molecule has 0 aromatic carbocycles. The number of hydrogen-bond donors (Lipinski definition) is 1. The monoisotopic (exact) mass is 378 g/mol. The molecule has 0 unspecified atom stereocenters. The van der Waals surface area contributed by atoms with Gasteiger partial charge in [-0.2, -0.15) is 0 Å². The normalized spacial score (nSPS) is 11.1. The van der Waals surface area contributed by atoms with E-state index in [2.05, 4.69) is 9.72 Å². The molecule has 1 heterocycles. The van der Waals surface area contributed by atoms with Gasteiger partial charge in [-0.05, 0) is 22.6 Å². The number of aromatic carboxylic acids is 1. The van der Waals surface area contributed by atoms with Crippen LogP contribution >= 0.6 is 22.6 Å². The Labute approximate surface area is 110 Å². The molecule has 1 aromatic heterocycles. The number of nitro groups is 1. The zero-order chi connectivity index (χ0) is 14.1. The van der Waals surface area contributed by atoms with Gasteiger partial charge in [-0.1, -0.05) is 0 Å². The van der Waals surface area contributed by atoms with Gasteiger partial charge in [0.2, 0.25) is 5.75 Å². The minimum Gasteiger partial charge on any atom is -0.477 e.